The monoisotopic (exact) mass is 957 g/mol. The number of carbonyl (C=O) groups excluding carboxylic acids is 3. The second-order valence-corrected chi connectivity index (χ2v) is 18.5. The molecule has 0 amide bonds. The highest BCUT2D eigenvalue weighted by molar-refractivity contribution is 5.71. The van der Waals surface area contributed by atoms with E-state index in [0.717, 1.165) is 135 Å². The standard InChI is InChI=1S/C63H104O6/c1-4-7-10-13-16-19-21-23-25-26-27-28-29-30-31-32-33-34-35-36-37-38-39-41-42-44-47-50-53-56-62(65)68-59-60(58-67-61(64)55-52-49-46-18-15-12-9-6-3)69-63(66)57-54-51-48-45-43-40-24-22-20-17-14-11-8-5-2/h7,10,16,19,22-25,27-28,30-31,33-34,36-37,39,41,60H,4-6,8-9,11-15,17-18,20-21,26,29,32,35,38,40,42-59H2,1-3H3/b10-7-,19-16-,24-22-,25-23-,28-27-,31-30-,34-33-,37-36-,41-39-. The molecule has 0 aliphatic rings. The summed E-state index contributed by atoms with van der Waals surface area (Å²) >= 11 is 0. The second-order valence-electron chi connectivity index (χ2n) is 18.5. The molecule has 0 aromatic carbocycles. The Morgan fingerprint density at radius 3 is 0.899 bits per heavy atom. The van der Waals surface area contributed by atoms with Crippen molar-refractivity contribution in [1.29, 1.82) is 0 Å². The first-order chi connectivity index (χ1) is 34.0. The molecule has 0 saturated heterocycles. The average molecular weight is 958 g/mol. The molecule has 0 aromatic rings. The summed E-state index contributed by atoms with van der Waals surface area (Å²) in [4.78, 5) is 37.9. The fraction of sp³-hybridized carbons (Fsp3) is 0.667. The lowest BCUT2D eigenvalue weighted by molar-refractivity contribution is -0.167. The maximum Gasteiger partial charge on any atom is 0.306 e. The van der Waals surface area contributed by atoms with Gasteiger partial charge < -0.3 is 14.2 Å². The molecule has 69 heavy (non-hydrogen) atoms. The van der Waals surface area contributed by atoms with E-state index in [1.165, 1.54) is 77.0 Å². The van der Waals surface area contributed by atoms with Gasteiger partial charge in [-0.15, -0.1) is 0 Å². The fourth-order valence-corrected chi connectivity index (χ4v) is 7.51. The minimum absolute atomic E-state index is 0.0894. The normalized spacial score (nSPS) is 12.9. The van der Waals surface area contributed by atoms with Crippen molar-refractivity contribution in [2.24, 2.45) is 0 Å². The van der Waals surface area contributed by atoms with Gasteiger partial charge in [0.2, 0.25) is 0 Å². The molecule has 0 aromatic heterocycles. The van der Waals surface area contributed by atoms with E-state index in [1.807, 2.05) is 0 Å². The Bertz CT molecular complexity index is 1420. The maximum absolute atomic E-state index is 12.8. The number of ether oxygens (including phenoxy) is 3. The van der Waals surface area contributed by atoms with Crippen molar-refractivity contribution in [3.63, 3.8) is 0 Å². The van der Waals surface area contributed by atoms with Gasteiger partial charge in [-0.1, -0.05) is 233 Å². The number of carbonyl (C=O) groups is 3. The van der Waals surface area contributed by atoms with Gasteiger partial charge in [-0.3, -0.25) is 14.4 Å². The summed E-state index contributed by atoms with van der Waals surface area (Å²) in [5.41, 5.74) is 0. The van der Waals surface area contributed by atoms with Crippen LogP contribution in [-0.4, -0.2) is 37.2 Å². The van der Waals surface area contributed by atoms with Crippen LogP contribution in [0.1, 0.15) is 252 Å². The van der Waals surface area contributed by atoms with E-state index in [4.69, 9.17) is 14.2 Å². The fourth-order valence-electron chi connectivity index (χ4n) is 7.51. The maximum atomic E-state index is 12.8. The van der Waals surface area contributed by atoms with Crippen molar-refractivity contribution in [2.45, 2.75) is 258 Å². The number of esters is 3. The summed E-state index contributed by atoms with van der Waals surface area (Å²) in [5.74, 6) is -0.930. The molecule has 0 saturated carbocycles. The van der Waals surface area contributed by atoms with E-state index < -0.39 is 6.10 Å². The second kappa shape index (κ2) is 56.7. The van der Waals surface area contributed by atoms with Gasteiger partial charge in [-0.2, -0.15) is 0 Å². The van der Waals surface area contributed by atoms with Gasteiger partial charge in [0, 0.05) is 19.3 Å². The van der Waals surface area contributed by atoms with Gasteiger partial charge in [0.25, 0.3) is 0 Å². The molecular formula is C63H104O6. The van der Waals surface area contributed by atoms with Gasteiger partial charge in [-0.05, 0) is 109 Å². The summed E-state index contributed by atoms with van der Waals surface area (Å²) in [6.07, 6.45) is 76.6. The topological polar surface area (TPSA) is 78.9 Å². The zero-order chi connectivity index (χ0) is 50.0. The molecule has 0 spiro atoms. The van der Waals surface area contributed by atoms with Gasteiger partial charge in [-0.25, -0.2) is 0 Å². The smallest absolute Gasteiger partial charge is 0.306 e. The highest BCUT2D eigenvalue weighted by atomic mass is 16.6. The van der Waals surface area contributed by atoms with E-state index in [0.29, 0.717) is 19.3 Å². The molecule has 0 fully saturated rings. The lowest BCUT2D eigenvalue weighted by Gasteiger charge is -2.18. The molecule has 0 aliphatic heterocycles. The summed E-state index contributed by atoms with van der Waals surface area (Å²) in [6, 6.07) is 0. The van der Waals surface area contributed by atoms with Crippen LogP contribution in [0.2, 0.25) is 0 Å². The molecule has 1 unspecified atom stereocenters. The van der Waals surface area contributed by atoms with Crippen molar-refractivity contribution in [3.05, 3.63) is 109 Å². The van der Waals surface area contributed by atoms with Crippen molar-refractivity contribution in [1.82, 2.24) is 0 Å². The third-order valence-electron chi connectivity index (χ3n) is 11.8. The highest BCUT2D eigenvalue weighted by Crippen LogP contribution is 2.14. The van der Waals surface area contributed by atoms with Crippen LogP contribution in [0, 0.1) is 0 Å². The Morgan fingerprint density at radius 1 is 0.304 bits per heavy atom. The molecular weight excluding hydrogens is 853 g/mol. The van der Waals surface area contributed by atoms with E-state index in [1.54, 1.807) is 0 Å². The predicted molar refractivity (Wildman–Crippen MR) is 297 cm³/mol. The Labute approximate surface area is 425 Å². The van der Waals surface area contributed by atoms with Crippen molar-refractivity contribution in [3.8, 4) is 0 Å². The van der Waals surface area contributed by atoms with Crippen molar-refractivity contribution >= 4 is 17.9 Å². The lowest BCUT2D eigenvalue weighted by atomic mass is 10.1. The molecule has 0 aliphatic carbocycles. The summed E-state index contributed by atoms with van der Waals surface area (Å²) < 4.78 is 16.7. The quantitative estimate of drug-likeness (QED) is 0.0262. The Morgan fingerprint density at radius 2 is 0.565 bits per heavy atom. The number of hydrogen-bond donors (Lipinski definition) is 0. The SMILES string of the molecule is CC/C=C\C/C=C\C/C=C\C/C=C\C/C=C\C/C=C\C/C=C\C/C=C\CCCCCCC(=O)OCC(COC(=O)CCCCCCCCCC)OC(=O)CCCCCCC/C=C\CCCCCCC. The van der Waals surface area contributed by atoms with E-state index in [-0.39, 0.29) is 31.1 Å². The van der Waals surface area contributed by atoms with E-state index in [9.17, 15) is 14.4 Å². The Kier molecular flexibility index (Phi) is 53.4. The van der Waals surface area contributed by atoms with E-state index >= 15 is 0 Å². The van der Waals surface area contributed by atoms with Crippen LogP contribution in [0.3, 0.4) is 0 Å². The van der Waals surface area contributed by atoms with Crippen LogP contribution in [0.25, 0.3) is 0 Å². The molecule has 0 radical (unpaired) electrons. The Balaban J connectivity index is 4.28. The van der Waals surface area contributed by atoms with Crippen LogP contribution in [0.15, 0.2) is 109 Å². The summed E-state index contributed by atoms with van der Waals surface area (Å²) in [7, 11) is 0. The van der Waals surface area contributed by atoms with Gasteiger partial charge >= 0.3 is 17.9 Å². The van der Waals surface area contributed by atoms with Crippen LogP contribution in [0.4, 0.5) is 0 Å². The van der Waals surface area contributed by atoms with Crippen LogP contribution in [-0.2, 0) is 28.6 Å². The van der Waals surface area contributed by atoms with Gasteiger partial charge in [0.15, 0.2) is 6.10 Å². The average Bonchev–Trinajstić information content (AvgIpc) is 3.35. The van der Waals surface area contributed by atoms with Crippen LogP contribution >= 0.6 is 0 Å². The summed E-state index contributed by atoms with van der Waals surface area (Å²) in [5, 5.41) is 0. The molecule has 0 rings (SSSR count). The predicted octanol–water partition coefficient (Wildman–Crippen LogP) is 19.1. The van der Waals surface area contributed by atoms with Crippen LogP contribution < -0.4 is 0 Å². The van der Waals surface area contributed by atoms with Crippen molar-refractivity contribution < 1.29 is 28.6 Å². The summed E-state index contributed by atoms with van der Waals surface area (Å²) in [6.45, 7) is 6.45. The molecule has 6 heteroatoms. The zero-order valence-corrected chi connectivity index (χ0v) is 44.8. The number of allylic oxidation sites excluding steroid dienone is 18. The minimum Gasteiger partial charge on any atom is -0.462 e. The molecule has 392 valence electrons. The molecule has 0 heterocycles. The molecule has 6 nitrogen and oxygen atoms in total. The van der Waals surface area contributed by atoms with Gasteiger partial charge in [0.1, 0.15) is 13.2 Å². The van der Waals surface area contributed by atoms with Crippen LogP contribution in [0.5, 0.6) is 0 Å². The molecule has 0 bridgehead atoms. The largest absolute Gasteiger partial charge is 0.462 e. The first kappa shape index (κ1) is 65.1. The number of unbranched alkanes of at least 4 members (excludes halogenated alkanes) is 21. The van der Waals surface area contributed by atoms with Crippen molar-refractivity contribution in [2.75, 3.05) is 13.2 Å². The number of rotatable bonds is 50. The molecule has 0 N–H and O–H groups in total. The third kappa shape index (κ3) is 54.9. The van der Waals surface area contributed by atoms with Gasteiger partial charge in [0.05, 0.1) is 0 Å². The minimum atomic E-state index is -0.791. The molecule has 1 atom stereocenters. The number of hydrogen-bond acceptors (Lipinski definition) is 6. The van der Waals surface area contributed by atoms with E-state index in [2.05, 4.69) is 130 Å². The zero-order valence-electron chi connectivity index (χ0n) is 44.8. The lowest BCUT2D eigenvalue weighted by Crippen LogP contribution is -2.30. The highest BCUT2D eigenvalue weighted by Gasteiger charge is 2.19. The Hall–Kier alpha value is -3.93. The third-order valence-corrected chi connectivity index (χ3v) is 11.8. The first-order valence-electron chi connectivity index (χ1n) is 28.4. The first-order valence-corrected chi connectivity index (χ1v) is 28.4.